The standard InChI is InChI=1S/C8H15NO3/c1-7(2)6(11)12-5-8(3,4-10)9-7/h9-10H,4-5H2,1-3H3. The smallest absolute Gasteiger partial charge is 0.325 e. The van der Waals surface area contributed by atoms with Gasteiger partial charge in [0.15, 0.2) is 0 Å². The summed E-state index contributed by atoms with van der Waals surface area (Å²) >= 11 is 0. The average Bonchev–Trinajstić information content (AvgIpc) is 1.97. The number of nitrogens with one attached hydrogen (secondary N) is 1. The molecule has 1 atom stereocenters. The number of esters is 1. The Morgan fingerprint density at radius 1 is 1.58 bits per heavy atom. The predicted octanol–water partition coefficient (Wildman–Crippen LogP) is -0.338. The molecular formula is C8H15NO3. The molecule has 0 spiro atoms. The number of cyclic esters (lactones) is 1. The fraction of sp³-hybridized carbons (Fsp3) is 0.875. The lowest BCUT2D eigenvalue weighted by atomic mass is 9.94. The van der Waals surface area contributed by atoms with Crippen LogP contribution in [0.3, 0.4) is 0 Å². The Labute approximate surface area is 71.9 Å². The number of morpholine rings is 1. The minimum absolute atomic E-state index is 0.0380. The number of aliphatic hydroxyl groups is 1. The lowest BCUT2D eigenvalue weighted by Gasteiger charge is -2.41. The molecule has 1 rings (SSSR count). The maximum absolute atomic E-state index is 11.2. The largest absolute Gasteiger partial charge is 0.462 e. The van der Waals surface area contributed by atoms with E-state index in [0.717, 1.165) is 0 Å². The molecule has 0 aromatic rings. The molecular weight excluding hydrogens is 158 g/mol. The van der Waals surface area contributed by atoms with Gasteiger partial charge in [0.2, 0.25) is 0 Å². The molecule has 1 aliphatic heterocycles. The van der Waals surface area contributed by atoms with Crippen LogP contribution in [-0.4, -0.2) is 35.4 Å². The molecule has 4 heteroatoms. The molecule has 0 saturated carbocycles. The van der Waals surface area contributed by atoms with Gasteiger partial charge in [-0.25, -0.2) is 0 Å². The highest BCUT2D eigenvalue weighted by Crippen LogP contribution is 2.19. The van der Waals surface area contributed by atoms with Gasteiger partial charge < -0.3 is 9.84 Å². The molecule has 0 radical (unpaired) electrons. The van der Waals surface area contributed by atoms with Crippen LogP contribution in [0.4, 0.5) is 0 Å². The number of hydrogen-bond donors (Lipinski definition) is 2. The fourth-order valence-electron chi connectivity index (χ4n) is 1.33. The highest BCUT2D eigenvalue weighted by molar-refractivity contribution is 5.80. The van der Waals surface area contributed by atoms with Crippen molar-refractivity contribution < 1.29 is 14.6 Å². The molecule has 0 bridgehead atoms. The number of carbonyl (C=O) groups excluding carboxylic acids is 1. The summed E-state index contributed by atoms with van der Waals surface area (Å²) in [5.74, 6) is -0.270. The Bertz CT molecular complexity index is 202. The molecule has 0 aliphatic carbocycles. The second kappa shape index (κ2) is 2.71. The molecule has 70 valence electrons. The van der Waals surface area contributed by atoms with Crippen molar-refractivity contribution in [2.45, 2.75) is 31.8 Å². The van der Waals surface area contributed by atoms with Crippen LogP contribution in [0.5, 0.6) is 0 Å². The fourth-order valence-corrected chi connectivity index (χ4v) is 1.33. The molecule has 0 aromatic heterocycles. The topological polar surface area (TPSA) is 58.6 Å². The number of aliphatic hydroxyl groups excluding tert-OH is 1. The van der Waals surface area contributed by atoms with Crippen LogP contribution >= 0.6 is 0 Å². The van der Waals surface area contributed by atoms with E-state index in [-0.39, 0.29) is 19.2 Å². The number of ether oxygens (including phenoxy) is 1. The predicted molar refractivity (Wildman–Crippen MR) is 43.7 cm³/mol. The van der Waals surface area contributed by atoms with Crippen molar-refractivity contribution in [3.63, 3.8) is 0 Å². The van der Waals surface area contributed by atoms with E-state index in [1.54, 1.807) is 13.8 Å². The Hall–Kier alpha value is -0.610. The molecule has 1 aliphatic rings. The van der Waals surface area contributed by atoms with Crippen molar-refractivity contribution in [1.82, 2.24) is 5.32 Å². The zero-order valence-corrected chi connectivity index (χ0v) is 7.68. The Morgan fingerprint density at radius 3 is 2.58 bits per heavy atom. The van der Waals surface area contributed by atoms with Crippen LogP contribution in [0, 0.1) is 0 Å². The van der Waals surface area contributed by atoms with E-state index in [1.165, 1.54) is 0 Å². The molecule has 1 fully saturated rings. The summed E-state index contributed by atoms with van der Waals surface area (Å²) in [5, 5.41) is 12.1. The van der Waals surface area contributed by atoms with Crippen LogP contribution in [0.15, 0.2) is 0 Å². The normalized spacial score (nSPS) is 34.5. The minimum Gasteiger partial charge on any atom is -0.462 e. The maximum atomic E-state index is 11.2. The molecule has 12 heavy (non-hydrogen) atoms. The first-order valence-electron chi connectivity index (χ1n) is 3.97. The van der Waals surface area contributed by atoms with Gasteiger partial charge in [-0.15, -0.1) is 0 Å². The Kier molecular flexibility index (Phi) is 2.14. The van der Waals surface area contributed by atoms with Gasteiger partial charge >= 0.3 is 5.97 Å². The lowest BCUT2D eigenvalue weighted by Crippen LogP contribution is -2.66. The summed E-state index contributed by atoms with van der Waals surface area (Å²) in [4.78, 5) is 11.2. The number of rotatable bonds is 1. The van der Waals surface area contributed by atoms with Gasteiger partial charge in [-0.3, -0.25) is 10.1 Å². The van der Waals surface area contributed by atoms with Crippen molar-refractivity contribution in [2.24, 2.45) is 0 Å². The number of carbonyl (C=O) groups is 1. The Morgan fingerprint density at radius 2 is 2.17 bits per heavy atom. The van der Waals surface area contributed by atoms with E-state index < -0.39 is 11.1 Å². The quantitative estimate of drug-likeness (QED) is 0.533. The van der Waals surface area contributed by atoms with Crippen LogP contribution in [0.2, 0.25) is 0 Å². The third-order valence-electron chi connectivity index (χ3n) is 2.00. The summed E-state index contributed by atoms with van der Waals surface area (Å²) in [5.41, 5.74) is -1.20. The van der Waals surface area contributed by atoms with Crippen LogP contribution in [-0.2, 0) is 9.53 Å². The first-order valence-corrected chi connectivity index (χ1v) is 3.97. The zero-order valence-electron chi connectivity index (χ0n) is 7.68. The lowest BCUT2D eigenvalue weighted by molar-refractivity contribution is -0.162. The number of hydrogen-bond acceptors (Lipinski definition) is 4. The first-order chi connectivity index (χ1) is 5.40. The second-order valence-electron chi connectivity index (χ2n) is 4.04. The summed E-state index contributed by atoms with van der Waals surface area (Å²) in [6.07, 6.45) is 0. The van der Waals surface area contributed by atoms with Gasteiger partial charge in [0.25, 0.3) is 0 Å². The van der Waals surface area contributed by atoms with Crippen molar-refractivity contribution >= 4 is 5.97 Å². The summed E-state index contributed by atoms with van der Waals surface area (Å²) in [6, 6.07) is 0. The molecule has 4 nitrogen and oxygen atoms in total. The molecule has 0 amide bonds. The van der Waals surface area contributed by atoms with Crippen molar-refractivity contribution in [3.8, 4) is 0 Å². The maximum Gasteiger partial charge on any atom is 0.325 e. The van der Waals surface area contributed by atoms with Crippen molar-refractivity contribution in [1.29, 1.82) is 0 Å². The van der Waals surface area contributed by atoms with Gasteiger partial charge in [-0.05, 0) is 20.8 Å². The van der Waals surface area contributed by atoms with E-state index in [2.05, 4.69) is 5.32 Å². The highest BCUT2D eigenvalue weighted by Gasteiger charge is 2.42. The summed E-state index contributed by atoms with van der Waals surface area (Å²) in [6.45, 7) is 5.49. The third kappa shape index (κ3) is 1.59. The molecule has 1 unspecified atom stereocenters. The summed E-state index contributed by atoms with van der Waals surface area (Å²) in [7, 11) is 0. The zero-order chi connectivity index (χ0) is 9.41. The highest BCUT2D eigenvalue weighted by atomic mass is 16.5. The summed E-state index contributed by atoms with van der Waals surface area (Å²) < 4.78 is 4.94. The minimum atomic E-state index is -0.699. The van der Waals surface area contributed by atoms with Gasteiger partial charge in [0.05, 0.1) is 12.1 Å². The van der Waals surface area contributed by atoms with E-state index in [4.69, 9.17) is 9.84 Å². The van der Waals surface area contributed by atoms with Gasteiger partial charge in [0, 0.05) is 0 Å². The van der Waals surface area contributed by atoms with Crippen LogP contribution < -0.4 is 5.32 Å². The monoisotopic (exact) mass is 173 g/mol. The van der Waals surface area contributed by atoms with Crippen molar-refractivity contribution in [2.75, 3.05) is 13.2 Å². The SMILES string of the molecule is CC1(CO)COC(=O)C(C)(C)N1. The van der Waals surface area contributed by atoms with Crippen molar-refractivity contribution in [3.05, 3.63) is 0 Å². The molecule has 0 aromatic carbocycles. The molecule has 2 N–H and O–H groups in total. The van der Waals surface area contributed by atoms with Crippen LogP contribution in [0.1, 0.15) is 20.8 Å². The molecule has 1 heterocycles. The Balaban J connectivity index is 2.75. The van der Waals surface area contributed by atoms with Gasteiger partial charge in [-0.1, -0.05) is 0 Å². The first kappa shape index (κ1) is 9.48. The molecule has 1 saturated heterocycles. The van der Waals surface area contributed by atoms with E-state index in [1.807, 2.05) is 6.92 Å². The van der Waals surface area contributed by atoms with Crippen LogP contribution in [0.25, 0.3) is 0 Å². The second-order valence-corrected chi connectivity index (χ2v) is 4.04. The van der Waals surface area contributed by atoms with Gasteiger partial charge in [-0.2, -0.15) is 0 Å². The van der Waals surface area contributed by atoms with E-state index in [0.29, 0.717) is 0 Å². The van der Waals surface area contributed by atoms with Gasteiger partial charge in [0.1, 0.15) is 12.1 Å². The third-order valence-corrected chi connectivity index (χ3v) is 2.00. The average molecular weight is 173 g/mol. The van der Waals surface area contributed by atoms with E-state index >= 15 is 0 Å². The van der Waals surface area contributed by atoms with E-state index in [9.17, 15) is 4.79 Å².